The Hall–Kier alpha value is 0.394. The van der Waals surface area contributed by atoms with Crippen LogP contribution in [0.25, 0.3) is 0 Å². The zero-order valence-corrected chi connectivity index (χ0v) is 5.23. The van der Waals surface area contributed by atoms with E-state index in [-0.39, 0.29) is 13.2 Å². The van der Waals surface area contributed by atoms with Gasteiger partial charge in [-0.15, -0.1) is 0 Å². The molecule has 0 bridgehead atoms. The van der Waals surface area contributed by atoms with Crippen LogP contribution >= 0.6 is 0 Å². The van der Waals surface area contributed by atoms with Crippen LogP contribution in [0.4, 0.5) is 0 Å². The Morgan fingerprint density at radius 2 is 1.43 bits per heavy atom. The molecule has 0 heterocycles. The van der Waals surface area contributed by atoms with E-state index in [0.29, 0.717) is 0 Å². The first-order valence-corrected chi connectivity index (χ1v) is 2.90. The molecule has 4 nitrogen and oxygen atoms in total. The second-order valence-corrected chi connectivity index (χ2v) is 0.824. The predicted molar refractivity (Wildman–Crippen MR) is 17.1 cm³/mol. The summed E-state index contributed by atoms with van der Waals surface area (Å²) in [5.41, 5.74) is 0. The van der Waals surface area contributed by atoms with Gasteiger partial charge in [-0.2, -0.15) is 0 Å². The zero-order valence-electron chi connectivity index (χ0n) is 3.66. The van der Waals surface area contributed by atoms with Crippen LogP contribution < -0.4 is 0 Å². The SMILES string of the molecule is OCCO.[O]=[Ti][OH]. The fourth-order valence-corrected chi connectivity index (χ4v) is 0. The molecule has 0 fully saturated rings. The average molecular weight is 143 g/mol. The van der Waals surface area contributed by atoms with Gasteiger partial charge in [0, 0.05) is 0 Å². The Kier molecular flexibility index (Phi) is 24.0. The van der Waals surface area contributed by atoms with Gasteiger partial charge in [0.15, 0.2) is 0 Å². The maximum absolute atomic E-state index is 8.61. The van der Waals surface area contributed by atoms with Gasteiger partial charge in [-0.25, -0.2) is 0 Å². The Labute approximate surface area is 50.5 Å². The van der Waals surface area contributed by atoms with Crippen molar-refractivity contribution in [3.63, 3.8) is 0 Å². The Morgan fingerprint density at radius 3 is 1.43 bits per heavy atom. The summed E-state index contributed by atoms with van der Waals surface area (Å²) < 4.78 is 15.8. The van der Waals surface area contributed by atoms with Crippen LogP contribution in [-0.2, 0) is 22.8 Å². The Balaban J connectivity index is 0. The summed E-state index contributed by atoms with van der Waals surface area (Å²) in [7, 11) is 0. The van der Waals surface area contributed by atoms with E-state index in [1.54, 1.807) is 0 Å². The number of rotatable bonds is 1. The van der Waals surface area contributed by atoms with E-state index < -0.39 is 19.5 Å². The Morgan fingerprint density at radius 1 is 1.29 bits per heavy atom. The van der Waals surface area contributed by atoms with Crippen LogP contribution in [-0.4, -0.2) is 27.1 Å². The van der Waals surface area contributed by atoms with Crippen molar-refractivity contribution < 1.29 is 36.7 Å². The van der Waals surface area contributed by atoms with Crippen LogP contribution in [0.3, 0.4) is 0 Å². The summed E-state index contributed by atoms with van der Waals surface area (Å²) >= 11 is -1.75. The molecule has 5 heteroatoms. The van der Waals surface area contributed by atoms with Gasteiger partial charge in [0.05, 0.1) is 13.2 Å². The number of aliphatic hydroxyl groups excluding tert-OH is 2. The van der Waals surface area contributed by atoms with Gasteiger partial charge in [-0.3, -0.25) is 0 Å². The van der Waals surface area contributed by atoms with Crippen LogP contribution in [0.1, 0.15) is 0 Å². The van der Waals surface area contributed by atoms with E-state index in [2.05, 4.69) is 0 Å². The fourth-order valence-electron chi connectivity index (χ4n) is 0. The molecule has 0 aliphatic carbocycles. The summed E-state index contributed by atoms with van der Waals surface area (Å²) in [4.78, 5) is 0. The molecule has 3 N–H and O–H groups in total. The van der Waals surface area contributed by atoms with E-state index in [1.165, 1.54) is 0 Å². The second-order valence-electron chi connectivity index (χ2n) is 0.539. The fraction of sp³-hybridized carbons (Fsp3) is 1.00. The molecule has 0 spiro atoms. The monoisotopic (exact) mass is 143 g/mol. The molecule has 43 valence electrons. The summed E-state index contributed by atoms with van der Waals surface area (Å²) in [6.45, 7) is -0.250. The van der Waals surface area contributed by atoms with Gasteiger partial charge in [0.2, 0.25) is 0 Å². The van der Waals surface area contributed by atoms with E-state index in [9.17, 15) is 0 Å². The van der Waals surface area contributed by atoms with Crippen LogP contribution in [0, 0.1) is 0 Å². The van der Waals surface area contributed by atoms with Gasteiger partial charge in [0.25, 0.3) is 0 Å². The van der Waals surface area contributed by atoms with Gasteiger partial charge in [0.1, 0.15) is 0 Å². The minimum absolute atomic E-state index is 0.125. The van der Waals surface area contributed by atoms with Crippen molar-refractivity contribution in [2.24, 2.45) is 0 Å². The summed E-state index contributed by atoms with van der Waals surface area (Å²) in [6.07, 6.45) is 0. The first kappa shape index (κ1) is 10.4. The normalized spacial score (nSPS) is 5.57. The van der Waals surface area contributed by atoms with Crippen LogP contribution in [0.5, 0.6) is 0 Å². The third kappa shape index (κ3) is 63.5. The standard InChI is InChI=1S/C2H6O2.H2O.O.Ti/c3-1-2-4;;;/h3-4H,1-2H2;1H2;;/q;;;+1/p-1. The van der Waals surface area contributed by atoms with Crippen molar-refractivity contribution in [3.8, 4) is 0 Å². The van der Waals surface area contributed by atoms with Crippen molar-refractivity contribution in [2.45, 2.75) is 0 Å². The molecule has 0 aliphatic rings. The molecule has 0 saturated carbocycles. The molecule has 0 unspecified atom stereocenters. The number of aliphatic hydroxyl groups is 2. The maximum atomic E-state index is 8.61. The van der Waals surface area contributed by atoms with Crippen LogP contribution in [0.2, 0.25) is 0 Å². The molecule has 0 radical (unpaired) electrons. The molecule has 0 atom stereocenters. The zero-order chi connectivity index (χ0) is 6.12. The number of hydrogen-bond acceptors (Lipinski definition) is 3. The van der Waals surface area contributed by atoms with E-state index in [0.717, 1.165) is 0 Å². The molecule has 0 aromatic heterocycles. The molecule has 0 saturated heterocycles. The molecule has 0 rings (SSSR count). The molecular formula is C2H7O4Ti. The minimum atomic E-state index is -1.75. The topological polar surface area (TPSA) is 77.8 Å². The molecular weight excluding hydrogens is 136 g/mol. The third-order valence-electron chi connectivity index (χ3n) is 0.1000. The van der Waals surface area contributed by atoms with Crippen molar-refractivity contribution in [3.05, 3.63) is 0 Å². The molecule has 0 aliphatic heterocycles. The van der Waals surface area contributed by atoms with Crippen molar-refractivity contribution in [2.75, 3.05) is 13.2 Å². The van der Waals surface area contributed by atoms with Gasteiger partial charge < -0.3 is 10.2 Å². The van der Waals surface area contributed by atoms with Crippen molar-refractivity contribution >= 4 is 0 Å². The third-order valence-corrected chi connectivity index (χ3v) is 0.1000. The summed E-state index contributed by atoms with van der Waals surface area (Å²) in [5.74, 6) is 0. The van der Waals surface area contributed by atoms with Gasteiger partial charge in [-0.05, 0) is 0 Å². The van der Waals surface area contributed by atoms with E-state index >= 15 is 0 Å². The Bertz CT molecular complexity index is 28.9. The summed E-state index contributed by atoms with van der Waals surface area (Å²) in [6, 6.07) is 0. The quantitative estimate of drug-likeness (QED) is 0.382. The second kappa shape index (κ2) is 16.1. The van der Waals surface area contributed by atoms with Crippen LogP contribution in [0.15, 0.2) is 0 Å². The van der Waals surface area contributed by atoms with E-state index in [1.807, 2.05) is 0 Å². The molecule has 7 heavy (non-hydrogen) atoms. The molecule has 0 aromatic carbocycles. The van der Waals surface area contributed by atoms with E-state index in [4.69, 9.17) is 17.2 Å². The first-order chi connectivity index (χ1) is 3.33. The predicted octanol–water partition coefficient (Wildman–Crippen LogP) is -1.71. The summed E-state index contributed by atoms with van der Waals surface area (Å²) in [5, 5.41) is 15.2. The van der Waals surface area contributed by atoms with Crippen molar-refractivity contribution in [1.82, 2.24) is 0 Å². The molecule has 0 aromatic rings. The van der Waals surface area contributed by atoms with Gasteiger partial charge >= 0.3 is 26.5 Å². The average Bonchev–Trinajstić information content (AvgIpc) is 1.69. The molecule has 0 amide bonds. The van der Waals surface area contributed by atoms with Crippen molar-refractivity contribution in [1.29, 1.82) is 0 Å². The first-order valence-electron chi connectivity index (χ1n) is 1.56. The van der Waals surface area contributed by atoms with Gasteiger partial charge in [-0.1, -0.05) is 0 Å². The number of hydrogen-bond donors (Lipinski definition) is 3.